The van der Waals surface area contributed by atoms with Crippen molar-refractivity contribution in [3.8, 4) is 22.8 Å². The number of hydrogen-bond donors (Lipinski definition) is 2. The van der Waals surface area contributed by atoms with E-state index in [1.165, 1.54) is 32.4 Å². The Morgan fingerprint density at radius 2 is 1.59 bits per heavy atom. The van der Waals surface area contributed by atoms with Gasteiger partial charge in [-0.2, -0.15) is 0 Å². The third-order valence-electron chi connectivity index (χ3n) is 3.92. The molecule has 0 radical (unpaired) electrons. The molecule has 0 unspecified atom stereocenters. The van der Waals surface area contributed by atoms with Crippen molar-refractivity contribution in [3.63, 3.8) is 0 Å². The third kappa shape index (κ3) is 4.14. The number of ether oxygens (including phenoxy) is 2. The second-order valence-corrected chi connectivity index (χ2v) is 5.68. The van der Waals surface area contributed by atoms with Crippen LogP contribution in [0.2, 0.25) is 0 Å². The molecule has 0 saturated carbocycles. The molecule has 2 aromatic carbocycles. The van der Waals surface area contributed by atoms with E-state index in [9.17, 15) is 14.0 Å². The van der Waals surface area contributed by atoms with Gasteiger partial charge in [0.15, 0.2) is 0 Å². The average Bonchev–Trinajstić information content (AvgIpc) is 2.68. The van der Waals surface area contributed by atoms with Crippen LogP contribution in [0.15, 0.2) is 59.4 Å². The summed E-state index contributed by atoms with van der Waals surface area (Å²) >= 11 is 0. The van der Waals surface area contributed by atoms with Gasteiger partial charge >= 0.3 is 0 Å². The molecule has 0 atom stereocenters. The lowest BCUT2D eigenvalue weighted by molar-refractivity contribution is 0.102. The number of amides is 1. The zero-order valence-corrected chi connectivity index (χ0v) is 14.7. The van der Waals surface area contributed by atoms with E-state index < -0.39 is 11.5 Å². The van der Waals surface area contributed by atoms with E-state index in [4.69, 9.17) is 9.47 Å². The van der Waals surface area contributed by atoms with E-state index in [0.717, 1.165) is 0 Å². The van der Waals surface area contributed by atoms with Gasteiger partial charge in [-0.15, -0.1) is 0 Å². The minimum Gasteiger partial charge on any atom is -0.497 e. The summed E-state index contributed by atoms with van der Waals surface area (Å²) in [4.78, 5) is 27.4. The van der Waals surface area contributed by atoms with Crippen LogP contribution in [0.1, 0.15) is 10.4 Å². The van der Waals surface area contributed by atoms with Crippen molar-refractivity contribution in [2.75, 3.05) is 19.5 Å². The van der Waals surface area contributed by atoms with Gasteiger partial charge in [-0.1, -0.05) is 0 Å². The van der Waals surface area contributed by atoms with Crippen LogP contribution in [0.4, 0.5) is 10.1 Å². The smallest absolute Gasteiger partial charge is 0.261 e. The fraction of sp³-hybridized carbons (Fsp3) is 0.100. The molecule has 0 aliphatic carbocycles. The van der Waals surface area contributed by atoms with Crippen LogP contribution in [-0.2, 0) is 0 Å². The van der Waals surface area contributed by atoms with Crippen molar-refractivity contribution in [3.05, 3.63) is 76.3 Å². The van der Waals surface area contributed by atoms with E-state index in [-0.39, 0.29) is 11.4 Å². The van der Waals surface area contributed by atoms with Crippen molar-refractivity contribution in [1.29, 1.82) is 0 Å². The number of rotatable bonds is 5. The van der Waals surface area contributed by atoms with Crippen molar-refractivity contribution < 1.29 is 18.7 Å². The molecule has 1 amide bonds. The highest BCUT2D eigenvalue weighted by Gasteiger charge is 2.13. The number of H-pyrrole nitrogens is 1. The number of anilines is 1. The van der Waals surface area contributed by atoms with Gasteiger partial charge in [-0.05, 0) is 42.0 Å². The highest BCUT2D eigenvalue weighted by Crippen LogP contribution is 2.26. The molecule has 0 aliphatic rings. The van der Waals surface area contributed by atoms with Crippen molar-refractivity contribution in [1.82, 2.24) is 4.98 Å². The molecule has 27 heavy (non-hydrogen) atoms. The number of carbonyl (C=O) groups is 1. The van der Waals surface area contributed by atoms with Crippen LogP contribution in [0, 0.1) is 5.82 Å². The number of aromatic amines is 1. The largest absolute Gasteiger partial charge is 0.497 e. The van der Waals surface area contributed by atoms with Crippen molar-refractivity contribution in [2.24, 2.45) is 0 Å². The van der Waals surface area contributed by atoms with E-state index in [2.05, 4.69) is 10.3 Å². The fourth-order valence-corrected chi connectivity index (χ4v) is 2.53. The minimum absolute atomic E-state index is 0.0531. The summed E-state index contributed by atoms with van der Waals surface area (Å²) in [6.07, 6.45) is 0. The quantitative estimate of drug-likeness (QED) is 0.723. The van der Waals surface area contributed by atoms with Crippen LogP contribution in [0.5, 0.6) is 11.5 Å². The number of hydrogen-bond acceptors (Lipinski definition) is 4. The predicted octanol–water partition coefficient (Wildman–Crippen LogP) is 3.45. The molecule has 0 spiro atoms. The van der Waals surface area contributed by atoms with E-state index in [1.807, 2.05) is 0 Å². The maximum absolute atomic E-state index is 13.0. The van der Waals surface area contributed by atoms with Gasteiger partial charge in [0.25, 0.3) is 11.5 Å². The summed E-state index contributed by atoms with van der Waals surface area (Å²) < 4.78 is 23.3. The van der Waals surface area contributed by atoms with Gasteiger partial charge in [0, 0.05) is 29.6 Å². The van der Waals surface area contributed by atoms with Gasteiger partial charge < -0.3 is 19.8 Å². The Morgan fingerprint density at radius 1 is 0.963 bits per heavy atom. The predicted molar refractivity (Wildman–Crippen MR) is 100.0 cm³/mol. The zero-order valence-electron chi connectivity index (χ0n) is 14.7. The number of carbonyl (C=O) groups excluding carboxylic acids is 1. The summed E-state index contributed by atoms with van der Waals surface area (Å²) in [5, 5.41) is 2.65. The number of halogens is 1. The van der Waals surface area contributed by atoms with Gasteiger partial charge in [0.05, 0.1) is 14.2 Å². The first-order chi connectivity index (χ1) is 13.0. The van der Waals surface area contributed by atoms with Gasteiger partial charge in [-0.25, -0.2) is 4.39 Å². The van der Waals surface area contributed by atoms with Crippen LogP contribution >= 0.6 is 0 Å². The number of methoxy groups -OCH3 is 2. The zero-order chi connectivity index (χ0) is 19.4. The van der Waals surface area contributed by atoms with E-state index >= 15 is 0 Å². The maximum atomic E-state index is 13.0. The van der Waals surface area contributed by atoms with Crippen LogP contribution in [-0.4, -0.2) is 25.1 Å². The van der Waals surface area contributed by atoms with Crippen molar-refractivity contribution in [2.45, 2.75) is 0 Å². The number of aromatic nitrogens is 1. The first-order valence-corrected chi connectivity index (χ1v) is 8.04. The molecule has 7 heteroatoms. The number of pyridine rings is 1. The maximum Gasteiger partial charge on any atom is 0.261 e. The Labute approximate surface area is 154 Å². The molecule has 138 valence electrons. The molecular formula is C20H17FN2O4. The molecule has 3 aromatic rings. The molecule has 1 aromatic heterocycles. The Kier molecular flexibility index (Phi) is 5.21. The number of nitrogens with one attached hydrogen (secondary N) is 2. The first-order valence-electron chi connectivity index (χ1n) is 8.04. The molecule has 3 rings (SSSR count). The van der Waals surface area contributed by atoms with Crippen LogP contribution in [0.3, 0.4) is 0 Å². The lowest BCUT2D eigenvalue weighted by atomic mass is 10.1. The Balaban J connectivity index is 1.85. The summed E-state index contributed by atoms with van der Waals surface area (Å²) in [7, 11) is 3.00. The molecule has 0 bridgehead atoms. The minimum atomic E-state index is -0.572. The summed E-state index contributed by atoms with van der Waals surface area (Å²) in [6, 6.07) is 13.6. The van der Waals surface area contributed by atoms with Gasteiger partial charge in [0.2, 0.25) is 0 Å². The molecule has 0 fully saturated rings. The highest BCUT2D eigenvalue weighted by atomic mass is 19.1. The first kappa shape index (κ1) is 18.2. The summed E-state index contributed by atoms with van der Waals surface area (Å²) in [5.74, 6) is 0.0680. The Bertz CT molecular complexity index is 1010. The van der Waals surface area contributed by atoms with E-state index in [1.54, 1.807) is 36.4 Å². The number of benzene rings is 2. The monoisotopic (exact) mass is 368 g/mol. The van der Waals surface area contributed by atoms with Crippen LogP contribution < -0.4 is 20.3 Å². The van der Waals surface area contributed by atoms with Gasteiger partial charge in [-0.3, -0.25) is 9.59 Å². The van der Waals surface area contributed by atoms with Crippen molar-refractivity contribution >= 4 is 11.6 Å². The molecule has 0 aliphatic heterocycles. The summed E-state index contributed by atoms with van der Waals surface area (Å²) in [5.41, 5.74) is 0.947. The molecular weight excluding hydrogens is 351 g/mol. The second kappa shape index (κ2) is 7.74. The second-order valence-electron chi connectivity index (χ2n) is 5.68. The molecule has 1 heterocycles. The normalized spacial score (nSPS) is 10.3. The third-order valence-corrected chi connectivity index (χ3v) is 3.92. The average molecular weight is 368 g/mol. The SMILES string of the molecule is COc1cc(NC(=O)c2ccc(-c3ccc(F)cc3)[nH]c2=O)cc(OC)c1. The highest BCUT2D eigenvalue weighted by molar-refractivity contribution is 6.04. The Hall–Kier alpha value is -3.61. The molecule has 2 N–H and O–H groups in total. The van der Waals surface area contributed by atoms with E-state index in [0.29, 0.717) is 28.4 Å². The Morgan fingerprint density at radius 3 is 2.15 bits per heavy atom. The fourth-order valence-electron chi connectivity index (χ4n) is 2.53. The molecule has 0 saturated heterocycles. The standard InChI is InChI=1S/C20H17FN2O4/c1-26-15-9-14(10-16(11-15)27-2)22-19(24)17-7-8-18(23-20(17)25)12-3-5-13(21)6-4-12/h3-11H,1-2H3,(H,22,24)(H,23,25). The lowest BCUT2D eigenvalue weighted by Crippen LogP contribution is -2.23. The lowest BCUT2D eigenvalue weighted by Gasteiger charge is -2.10. The topological polar surface area (TPSA) is 80.4 Å². The molecule has 6 nitrogen and oxygen atoms in total. The summed E-state index contributed by atoms with van der Waals surface area (Å²) in [6.45, 7) is 0. The van der Waals surface area contributed by atoms with Crippen LogP contribution in [0.25, 0.3) is 11.3 Å². The van der Waals surface area contributed by atoms with Gasteiger partial charge in [0.1, 0.15) is 22.9 Å².